The summed E-state index contributed by atoms with van der Waals surface area (Å²) in [6.45, 7) is 10.6. The number of aliphatic hydroxyl groups is 1. The number of benzene rings is 1. The fourth-order valence-corrected chi connectivity index (χ4v) is 3.83. The van der Waals surface area contributed by atoms with Gasteiger partial charge < -0.3 is 19.3 Å². The average Bonchev–Trinajstić information content (AvgIpc) is 2.70. The molecule has 0 unspecified atom stereocenters. The second kappa shape index (κ2) is 10.2. The first kappa shape index (κ1) is 23.3. The largest absolute Gasteiger partial charge is 0.494 e. The third kappa shape index (κ3) is 5.16. The third-order valence-corrected chi connectivity index (χ3v) is 5.04. The fourth-order valence-electron chi connectivity index (χ4n) is 3.83. The van der Waals surface area contributed by atoms with E-state index in [1.807, 2.05) is 6.92 Å². The van der Waals surface area contributed by atoms with Crippen LogP contribution < -0.4 is 4.74 Å². The molecule has 4 atom stereocenters. The Bertz CT molecular complexity index is 794. The molecule has 0 aliphatic heterocycles. The summed E-state index contributed by atoms with van der Waals surface area (Å²) in [4.78, 5) is 38.5. The number of hydrogen-bond donors (Lipinski definition) is 1. The van der Waals surface area contributed by atoms with Crippen molar-refractivity contribution in [3.63, 3.8) is 0 Å². The molecule has 1 aliphatic carbocycles. The lowest BCUT2D eigenvalue weighted by molar-refractivity contribution is -0.171. The molecule has 1 aliphatic rings. The maximum atomic E-state index is 12.9. The van der Waals surface area contributed by atoms with Crippen LogP contribution in [-0.2, 0) is 23.9 Å². The molecule has 0 amide bonds. The van der Waals surface area contributed by atoms with Gasteiger partial charge in [-0.1, -0.05) is 37.4 Å². The molecule has 0 saturated heterocycles. The quantitative estimate of drug-likeness (QED) is 0.375. The standard InChI is InChI=1S/C23H28O7/c1-5-12-29-21(25)19-17(24)14-23(4,27)20(22(26)30-13-6-2)18(19)15-8-10-16(11-9-15)28-7-3/h5-6,8-11,18-20,27H,1-2,7,12-14H2,3-4H3/t18-,19+,20+,23-/m1/s1. The first-order valence-electron chi connectivity index (χ1n) is 9.79. The number of ketones is 1. The van der Waals surface area contributed by atoms with E-state index < -0.39 is 41.1 Å². The molecule has 0 aromatic heterocycles. The molecule has 7 heteroatoms. The average molecular weight is 416 g/mol. The molecular weight excluding hydrogens is 388 g/mol. The lowest BCUT2D eigenvalue weighted by Crippen LogP contribution is -2.55. The molecule has 0 spiro atoms. The van der Waals surface area contributed by atoms with Crippen molar-refractivity contribution in [2.24, 2.45) is 11.8 Å². The van der Waals surface area contributed by atoms with Gasteiger partial charge in [0.05, 0.1) is 18.1 Å². The predicted octanol–water partition coefficient (Wildman–Crippen LogP) is 2.58. The van der Waals surface area contributed by atoms with Crippen molar-refractivity contribution in [2.45, 2.75) is 31.8 Å². The van der Waals surface area contributed by atoms with Gasteiger partial charge >= 0.3 is 11.9 Å². The number of Topliss-reactive ketones (excluding diaryl/α,β-unsaturated/α-hetero) is 1. The van der Waals surface area contributed by atoms with Gasteiger partial charge in [-0.05, 0) is 31.5 Å². The Morgan fingerprint density at radius 1 is 1.13 bits per heavy atom. The van der Waals surface area contributed by atoms with Crippen molar-refractivity contribution >= 4 is 17.7 Å². The molecule has 1 fully saturated rings. The summed E-state index contributed by atoms with van der Waals surface area (Å²) in [5, 5.41) is 11.0. The van der Waals surface area contributed by atoms with Crippen LogP contribution in [0.15, 0.2) is 49.6 Å². The zero-order valence-electron chi connectivity index (χ0n) is 17.3. The first-order chi connectivity index (χ1) is 14.3. The number of hydrogen-bond acceptors (Lipinski definition) is 7. The molecule has 1 saturated carbocycles. The van der Waals surface area contributed by atoms with E-state index in [2.05, 4.69) is 13.2 Å². The van der Waals surface area contributed by atoms with Crippen LogP contribution in [0, 0.1) is 11.8 Å². The highest BCUT2D eigenvalue weighted by molar-refractivity contribution is 6.02. The van der Waals surface area contributed by atoms with Gasteiger partial charge in [0.25, 0.3) is 0 Å². The molecule has 0 heterocycles. The number of esters is 2. The highest BCUT2D eigenvalue weighted by Crippen LogP contribution is 2.47. The van der Waals surface area contributed by atoms with E-state index in [0.717, 1.165) is 0 Å². The van der Waals surface area contributed by atoms with Gasteiger partial charge in [-0.15, -0.1) is 0 Å². The minimum atomic E-state index is -1.70. The Labute approximate surface area is 176 Å². The van der Waals surface area contributed by atoms with Crippen LogP contribution in [0.25, 0.3) is 0 Å². The van der Waals surface area contributed by atoms with Crippen LogP contribution in [0.2, 0.25) is 0 Å². The number of rotatable bonds is 9. The topological polar surface area (TPSA) is 99.1 Å². The Balaban J connectivity index is 2.55. The Morgan fingerprint density at radius 2 is 1.70 bits per heavy atom. The van der Waals surface area contributed by atoms with Crippen LogP contribution in [0.1, 0.15) is 31.7 Å². The molecule has 0 radical (unpaired) electrons. The van der Waals surface area contributed by atoms with Gasteiger partial charge in [0, 0.05) is 12.3 Å². The normalized spacial score (nSPS) is 25.8. The molecular formula is C23H28O7. The van der Waals surface area contributed by atoms with Crippen molar-refractivity contribution in [1.29, 1.82) is 0 Å². The number of ether oxygens (including phenoxy) is 3. The first-order valence-corrected chi connectivity index (χ1v) is 9.79. The number of carbonyl (C=O) groups excluding carboxylic acids is 3. The maximum absolute atomic E-state index is 12.9. The summed E-state index contributed by atoms with van der Waals surface area (Å²) in [6.07, 6.45) is 2.42. The predicted molar refractivity (Wildman–Crippen MR) is 110 cm³/mol. The van der Waals surface area contributed by atoms with E-state index in [1.165, 1.54) is 19.1 Å². The monoisotopic (exact) mass is 416 g/mol. The van der Waals surface area contributed by atoms with Crippen LogP contribution in [-0.4, -0.2) is 48.3 Å². The van der Waals surface area contributed by atoms with Crippen molar-refractivity contribution in [3.8, 4) is 5.75 Å². The van der Waals surface area contributed by atoms with Gasteiger partial charge in [0.15, 0.2) is 5.78 Å². The van der Waals surface area contributed by atoms with Gasteiger partial charge in [-0.25, -0.2) is 0 Å². The second-order valence-electron chi connectivity index (χ2n) is 7.32. The highest BCUT2D eigenvalue weighted by atomic mass is 16.5. The van der Waals surface area contributed by atoms with Crippen LogP contribution in [0.5, 0.6) is 5.75 Å². The van der Waals surface area contributed by atoms with Crippen molar-refractivity contribution < 1.29 is 33.7 Å². The summed E-state index contributed by atoms with van der Waals surface area (Å²) in [6, 6.07) is 6.72. The van der Waals surface area contributed by atoms with Crippen LogP contribution in [0.4, 0.5) is 0 Å². The van der Waals surface area contributed by atoms with Crippen LogP contribution >= 0.6 is 0 Å². The maximum Gasteiger partial charge on any atom is 0.317 e. The Morgan fingerprint density at radius 3 is 2.23 bits per heavy atom. The SMILES string of the molecule is C=CCOC(=O)[C@H]1C(=O)C[C@@](C)(O)[C@H](C(=O)OCC=C)[C@@H]1c1ccc(OCC)cc1. The van der Waals surface area contributed by atoms with Gasteiger partial charge in [-0.2, -0.15) is 0 Å². The molecule has 1 aromatic rings. The van der Waals surface area contributed by atoms with Gasteiger partial charge in [0.2, 0.25) is 0 Å². The highest BCUT2D eigenvalue weighted by Gasteiger charge is 2.57. The number of carbonyl (C=O) groups is 3. The second-order valence-corrected chi connectivity index (χ2v) is 7.32. The van der Waals surface area contributed by atoms with E-state index in [0.29, 0.717) is 17.9 Å². The lowest BCUT2D eigenvalue weighted by Gasteiger charge is -2.43. The smallest absolute Gasteiger partial charge is 0.317 e. The lowest BCUT2D eigenvalue weighted by atomic mass is 9.61. The van der Waals surface area contributed by atoms with Crippen molar-refractivity contribution in [3.05, 3.63) is 55.1 Å². The molecule has 0 bridgehead atoms. The zero-order chi connectivity index (χ0) is 22.3. The summed E-state index contributed by atoms with van der Waals surface area (Å²) >= 11 is 0. The molecule has 1 aromatic carbocycles. The molecule has 2 rings (SSSR count). The van der Waals surface area contributed by atoms with Gasteiger partial charge in [-0.3, -0.25) is 14.4 Å². The summed E-state index contributed by atoms with van der Waals surface area (Å²) in [7, 11) is 0. The van der Waals surface area contributed by atoms with E-state index in [9.17, 15) is 19.5 Å². The molecule has 30 heavy (non-hydrogen) atoms. The zero-order valence-corrected chi connectivity index (χ0v) is 17.3. The minimum Gasteiger partial charge on any atom is -0.494 e. The molecule has 1 N–H and O–H groups in total. The molecule has 7 nitrogen and oxygen atoms in total. The van der Waals surface area contributed by atoms with E-state index >= 15 is 0 Å². The van der Waals surface area contributed by atoms with Crippen molar-refractivity contribution in [1.82, 2.24) is 0 Å². The van der Waals surface area contributed by atoms with E-state index in [4.69, 9.17) is 14.2 Å². The van der Waals surface area contributed by atoms with Gasteiger partial charge in [0.1, 0.15) is 24.9 Å². The summed E-state index contributed by atoms with van der Waals surface area (Å²) in [5.74, 6) is -4.76. The molecule has 162 valence electrons. The van der Waals surface area contributed by atoms with E-state index in [-0.39, 0.29) is 19.6 Å². The minimum absolute atomic E-state index is 0.0546. The third-order valence-electron chi connectivity index (χ3n) is 5.04. The van der Waals surface area contributed by atoms with Crippen LogP contribution in [0.3, 0.4) is 0 Å². The van der Waals surface area contributed by atoms with Crippen molar-refractivity contribution in [2.75, 3.05) is 19.8 Å². The Kier molecular flexibility index (Phi) is 7.94. The summed E-state index contributed by atoms with van der Waals surface area (Å²) in [5.41, 5.74) is -1.18. The Hall–Kier alpha value is -2.93. The van der Waals surface area contributed by atoms with E-state index in [1.54, 1.807) is 24.3 Å². The summed E-state index contributed by atoms with van der Waals surface area (Å²) < 4.78 is 15.8. The fraction of sp³-hybridized carbons (Fsp3) is 0.435.